The van der Waals surface area contributed by atoms with Crippen LogP contribution in [0.15, 0.2) is 12.2 Å². The number of rotatable bonds is 59. The normalized spacial score (nSPS) is 11.7. The Labute approximate surface area is 410 Å². The van der Waals surface area contributed by atoms with E-state index in [0.29, 0.717) is 19.6 Å². The molecule has 0 unspecified atom stereocenters. The standard InChI is InChI=1S/C62H122O3/c1-2-3-4-5-6-7-8-9-10-11-32-35-38-41-44-47-50-53-56-59-62(64)65-61-58-55-52-49-46-43-40-37-34-31-29-27-25-23-21-19-17-15-13-12-14-16-18-20-22-24-26-28-30-33-36-39-42-45-48-51-54-57-60-63/h9-10,63H,2-8,11-61H2,1H3. The van der Waals surface area contributed by atoms with Crippen LogP contribution >= 0.6 is 0 Å². The third-order valence-electron chi connectivity index (χ3n) is 14.5. The van der Waals surface area contributed by atoms with Gasteiger partial charge in [0.05, 0.1) is 6.61 Å². The summed E-state index contributed by atoms with van der Waals surface area (Å²) >= 11 is 0. The Bertz CT molecular complexity index is 868. The van der Waals surface area contributed by atoms with Crippen LogP contribution in [0.3, 0.4) is 0 Å². The zero-order valence-corrected chi connectivity index (χ0v) is 44.9. The first-order chi connectivity index (χ1) is 32.3. The van der Waals surface area contributed by atoms with Crippen molar-refractivity contribution in [2.24, 2.45) is 0 Å². The number of unbranched alkanes of at least 4 members (excludes halogenated alkanes) is 52. The van der Waals surface area contributed by atoms with Crippen LogP contribution in [0.5, 0.6) is 0 Å². The molecule has 0 saturated carbocycles. The van der Waals surface area contributed by atoms with Crippen LogP contribution in [0.4, 0.5) is 0 Å². The van der Waals surface area contributed by atoms with E-state index in [1.807, 2.05) is 0 Å². The van der Waals surface area contributed by atoms with Gasteiger partial charge in [-0.15, -0.1) is 0 Å². The fourth-order valence-corrected chi connectivity index (χ4v) is 9.88. The fourth-order valence-electron chi connectivity index (χ4n) is 9.88. The van der Waals surface area contributed by atoms with Gasteiger partial charge in [0.1, 0.15) is 0 Å². The molecule has 0 aliphatic rings. The Hall–Kier alpha value is -0.830. The molecule has 0 amide bonds. The van der Waals surface area contributed by atoms with E-state index < -0.39 is 0 Å². The van der Waals surface area contributed by atoms with Crippen molar-refractivity contribution in [3.63, 3.8) is 0 Å². The molecule has 0 bridgehead atoms. The number of aliphatic hydroxyl groups excluding tert-OH is 1. The minimum Gasteiger partial charge on any atom is -0.466 e. The molecule has 3 nitrogen and oxygen atoms in total. The summed E-state index contributed by atoms with van der Waals surface area (Å²) < 4.78 is 5.51. The monoisotopic (exact) mass is 915 g/mol. The van der Waals surface area contributed by atoms with E-state index in [4.69, 9.17) is 9.84 Å². The van der Waals surface area contributed by atoms with Crippen LogP contribution < -0.4 is 0 Å². The second kappa shape index (κ2) is 61.2. The van der Waals surface area contributed by atoms with Gasteiger partial charge in [-0.1, -0.05) is 327 Å². The minimum absolute atomic E-state index is 0.0281. The maximum absolute atomic E-state index is 12.1. The summed E-state index contributed by atoms with van der Waals surface area (Å²) in [6.45, 7) is 3.29. The highest BCUT2D eigenvalue weighted by Gasteiger charge is 2.03. The zero-order valence-electron chi connectivity index (χ0n) is 44.9. The van der Waals surface area contributed by atoms with Crippen LogP contribution in [0.2, 0.25) is 0 Å². The highest BCUT2D eigenvalue weighted by Crippen LogP contribution is 2.19. The summed E-state index contributed by atoms with van der Waals surface area (Å²) in [5.74, 6) is 0.0281. The molecule has 0 atom stereocenters. The third kappa shape index (κ3) is 61.2. The molecule has 0 aromatic carbocycles. The highest BCUT2D eigenvalue weighted by molar-refractivity contribution is 5.69. The van der Waals surface area contributed by atoms with Crippen LogP contribution in [0, 0.1) is 0 Å². The number of hydrogen-bond acceptors (Lipinski definition) is 3. The van der Waals surface area contributed by atoms with Gasteiger partial charge < -0.3 is 9.84 Å². The molecule has 0 saturated heterocycles. The van der Waals surface area contributed by atoms with Crippen molar-refractivity contribution in [3.8, 4) is 0 Å². The first-order valence-corrected chi connectivity index (χ1v) is 30.7. The molecule has 0 spiro atoms. The molecule has 0 aliphatic carbocycles. The largest absolute Gasteiger partial charge is 0.466 e. The smallest absolute Gasteiger partial charge is 0.305 e. The summed E-state index contributed by atoms with van der Waals surface area (Å²) in [6.07, 6.45) is 81.4. The third-order valence-corrected chi connectivity index (χ3v) is 14.5. The van der Waals surface area contributed by atoms with Crippen LogP contribution in [0.25, 0.3) is 0 Å². The number of ether oxygens (including phenoxy) is 1. The summed E-state index contributed by atoms with van der Waals surface area (Å²) in [5, 5.41) is 8.83. The predicted molar refractivity (Wildman–Crippen MR) is 291 cm³/mol. The number of aliphatic hydroxyl groups is 1. The first-order valence-electron chi connectivity index (χ1n) is 30.7. The number of carbonyl (C=O) groups is 1. The van der Waals surface area contributed by atoms with Crippen molar-refractivity contribution in [2.75, 3.05) is 13.2 Å². The fraction of sp³-hybridized carbons (Fsp3) is 0.952. The van der Waals surface area contributed by atoms with Crippen molar-refractivity contribution >= 4 is 5.97 Å². The van der Waals surface area contributed by atoms with Crippen molar-refractivity contribution in [1.82, 2.24) is 0 Å². The van der Waals surface area contributed by atoms with Gasteiger partial charge in [-0.3, -0.25) is 4.79 Å². The molecule has 1 N–H and O–H groups in total. The van der Waals surface area contributed by atoms with Gasteiger partial charge in [-0.05, 0) is 44.9 Å². The predicted octanol–water partition coefficient (Wildman–Crippen LogP) is 21.9. The Balaban J connectivity index is 3.14. The molecule has 0 rings (SSSR count). The van der Waals surface area contributed by atoms with E-state index in [1.54, 1.807) is 0 Å². The lowest BCUT2D eigenvalue weighted by atomic mass is 10.0. The molecule has 3 heteroatoms. The van der Waals surface area contributed by atoms with Gasteiger partial charge in [-0.2, -0.15) is 0 Å². The Morgan fingerprint density at radius 3 is 0.769 bits per heavy atom. The first kappa shape index (κ1) is 64.2. The van der Waals surface area contributed by atoms with Gasteiger partial charge >= 0.3 is 5.97 Å². The van der Waals surface area contributed by atoms with E-state index >= 15 is 0 Å². The minimum atomic E-state index is 0.0281. The molecule has 0 aromatic heterocycles. The molecular formula is C62H122O3. The molecule has 0 fully saturated rings. The highest BCUT2D eigenvalue weighted by atomic mass is 16.5. The SMILES string of the molecule is CCCCCCCCC=CCCCCCCCCCCCC(=O)OCCCCCCCCCCCCCCCCCCCCCCCCCCCCCCCCCCCCCCCCO. The molecule has 0 aliphatic heterocycles. The van der Waals surface area contributed by atoms with Crippen molar-refractivity contribution in [2.45, 2.75) is 366 Å². The Morgan fingerprint density at radius 1 is 0.292 bits per heavy atom. The lowest BCUT2D eigenvalue weighted by Crippen LogP contribution is -2.05. The van der Waals surface area contributed by atoms with Crippen molar-refractivity contribution in [1.29, 1.82) is 0 Å². The molecule has 0 heterocycles. The quantitative estimate of drug-likeness (QED) is 0.0376. The maximum atomic E-state index is 12.1. The van der Waals surface area contributed by atoms with Gasteiger partial charge in [0.25, 0.3) is 0 Å². The number of allylic oxidation sites excluding steroid dienone is 2. The molecule has 0 radical (unpaired) electrons. The number of hydrogen-bond donors (Lipinski definition) is 1. The Morgan fingerprint density at radius 2 is 0.508 bits per heavy atom. The summed E-state index contributed by atoms with van der Waals surface area (Å²) in [6, 6.07) is 0. The number of carbonyl (C=O) groups excluding carboxylic acids is 1. The van der Waals surface area contributed by atoms with Crippen LogP contribution in [-0.4, -0.2) is 24.3 Å². The Kier molecular flexibility index (Phi) is 60.4. The van der Waals surface area contributed by atoms with Crippen LogP contribution in [0.1, 0.15) is 366 Å². The van der Waals surface area contributed by atoms with Gasteiger partial charge in [0.2, 0.25) is 0 Å². The molecule has 388 valence electrons. The second-order valence-corrected chi connectivity index (χ2v) is 21.1. The van der Waals surface area contributed by atoms with E-state index in [1.165, 1.54) is 334 Å². The van der Waals surface area contributed by atoms with Gasteiger partial charge in [0.15, 0.2) is 0 Å². The van der Waals surface area contributed by atoms with E-state index in [0.717, 1.165) is 19.3 Å². The summed E-state index contributed by atoms with van der Waals surface area (Å²) in [4.78, 5) is 12.1. The summed E-state index contributed by atoms with van der Waals surface area (Å²) in [7, 11) is 0. The molecule has 65 heavy (non-hydrogen) atoms. The van der Waals surface area contributed by atoms with Crippen LogP contribution in [-0.2, 0) is 9.53 Å². The summed E-state index contributed by atoms with van der Waals surface area (Å²) in [5.41, 5.74) is 0. The van der Waals surface area contributed by atoms with E-state index in [-0.39, 0.29) is 5.97 Å². The second-order valence-electron chi connectivity index (χ2n) is 21.1. The molecular weight excluding hydrogens is 793 g/mol. The average molecular weight is 916 g/mol. The van der Waals surface area contributed by atoms with E-state index in [2.05, 4.69) is 19.1 Å². The zero-order chi connectivity index (χ0) is 46.7. The lowest BCUT2D eigenvalue weighted by molar-refractivity contribution is -0.143. The van der Waals surface area contributed by atoms with E-state index in [9.17, 15) is 4.79 Å². The van der Waals surface area contributed by atoms with Gasteiger partial charge in [-0.25, -0.2) is 0 Å². The van der Waals surface area contributed by atoms with Gasteiger partial charge in [0, 0.05) is 13.0 Å². The average Bonchev–Trinajstić information content (AvgIpc) is 3.31. The maximum Gasteiger partial charge on any atom is 0.305 e. The lowest BCUT2D eigenvalue weighted by Gasteiger charge is -2.06. The van der Waals surface area contributed by atoms with Crippen molar-refractivity contribution < 1.29 is 14.6 Å². The van der Waals surface area contributed by atoms with Crippen molar-refractivity contribution in [3.05, 3.63) is 12.2 Å². The number of esters is 1. The molecule has 0 aromatic rings. The topological polar surface area (TPSA) is 46.5 Å².